The van der Waals surface area contributed by atoms with Gasteiger partial charge in [-0.25, -0.2) is 19.3 Å². The van der Waals surface area contributed by atoms with Crippen molar-refractivity contribution in [2.24, 2.45) is 0 Å². The number of aromatic nitrogens is 2. The topological polar surface area (TPSA) is 88.5 Å². The van der Waals surface area contributed by atoms with Gasteiger partial charge in [-0.1, -0.05) is 0 Å². The molecule has 1 aromatic carbocycles. The van der Waals surface area contributed by atoms with Gasteiger partial charge in [-0.3, -0.25) is 10.2 Å². The Bertz CT molecular complexity index is 832. The summed E-state index contributed by atoms with van der Waals surface area (Å²) in [6.07, 6.45) is 3.06. The molecule has 27 heavy (non-hydrogen) atoms. The molecule has 3 rings (SSSR count). The van der Waals surface area contributed by atoms with Gasteiger partial charge in [-0.05, 0) is 45.4 Å². The highest BCUT2D eigenvalue weighted by Crippen LogP contribution is 2.26. The van der Waals surface area contributed by atoms with Crippen LogP contribution in [0.5, 0.6) is 0 Å². The number of hydrazine groups is 1. The maximum absolute atomic E-state index is 14.5. The highest BCUT2D eigenvalue weighted by Gasteiger charge is 2.34. The number of amides is 2. The van der Waals surface area contributed by atoms with Crippen molar-refractivity contribution in [2.45, 2.75) is 38.8 Å². The summed E-state index contributed by atoms with van der Waals surface area (Å²) in [7, 11) is 0. The van der Waals surface area contributed by atoms with Crippen LogP contribution in [0.4, 0.5) is 14.9 Å². The Morgan fingerprint density at radius 3 is 2.78 bits per heavy atom. The summed E-state index contributed by atoms with van der Waals surface area (Å²) in [4.78, 5) is 25.6. The Balaban J connectivity index is 1.64. The number of benzene rings is 1. The third-order valence-corrected chi connectivity index (χ3v) is 3.94. The van der Waals surface area contributed by atoms with E-state index in [1.165, 1.54) is 15.6 Å². The van der Waals surface area contributed by atoms with Crippen LogP contribution in [-0.4, -0.2) is 40.0 Å². The number of anilines is 1. The monoisotopic (exact) mass is 375 g/mol. The number of nitrogens with one attached hydrogen (secondary N) is 2. The summed E-state index contributed by atoms with van der Waals surface area (Å²) in [5.41, 5.74) is 5.13. The van der Waals surface area contributed by atoms with Crippen LogP contribution in [0.2, 0.25) is 0 Å². The van der Waals surface area contributed by atoms with Gasteiger partial charge in [0.1, 0.15) is 17.5 Å². The van der Waals surface area contributed by atoms with Gasteiger partial charge in [0, 0.05) is 25.0 Å². The number of halogens is 1. The van der Waals surface area contributed by atoms with Crippen LogP contribution >= 0.6 is 0 Å². The van der Waals surface area contributed by atoms with Gasteiger partial charge in [0.25, 0.3) is 0 Å². The normalized spacial score (nSPS) is 17.3. The van der Waals surface area contributed by atoms with Crippen molar-refractivity contribution in [3.63, 3.8) is 0 Å². The third kappa shape index (κ3) is 4.43. The summed E-state index contributed by atoms with van der Waals surface area (Å²) in [6.45, 7) is 5.56. The van der Waals surface area contributed by atoms with Gasteiger partial charge in [-0.15, -0.1) is 0 Å². The average Bonchev–Trinajstić information content (AvgIpc) is 3.22. The first-order valence-electron chi connectivity index (χ1n) is 8.60. The predicted molar refractivity (Wildman–Crippen MR) is 96.8 cm³/mol. The molecule has 144 valence electrons. The fraction of sp³-hybridized carbons (Fsp3) is 0.389. The Morgan fingerprint density at radius 2 is 2.15 bits per heavy atom. The number of hydrogen-bond donors (Lipinski definition) is 2. The zero-order valence-electron chi connectivity index (χ0n) is 15.4. The van der Waals surface area contributed by atoms with E-state index in [1.54, 1.807) is 51.4 Å². The molecule has 1 aliphatic rings. The fourth-order valence-electron chi connectivity index (χ4n) is 2.78. The van der Waals surface area contributed by atoms with Crippen LogP contribution < -0.4 is 15.8 Å². The first-order chi connectivity index (χ1) is 12.7. The van der Waals surface area contributed by atoms with Gasteiger partial charge in [0.05, 0.1) is 11.4 Å². The molecule has 2 heterocycles. The zero-order chi connectivity index (χ0) is 19.6. The van der Waals surface area contributed by atoms with Crippen molar-refractivity contribution in [1.82, 2.24) is 20.6 Å². The number of carbonyl (C=O) groups excluding carboxylic acids is 2. The molecule has 2 N–H and O–H groups in total. The van der Waals surface area contributed by atoms with Crippen molar-refractivity contribution in [1.29, 1.82) is 0 Å². The van der Waals surface area contributed by atoms with Crippen molar-refractivity contribution in [3.8, 4) is 5.69 Å². The number of ether oxygens (including phenoxy) is 1. The molecule has 0 spiro atoms. The van der Waals surface area contributed by atoms with Gasteiger partial charge in [0.15, 0.2) is 0 Å². The minimum absolute atomic E-state index is 0.192. The van der Waals surface area contributed by atoms with Crippen molar-refractivity contribution in [2.75, 3.05) is 11.4 Å². The second-order valence-electron chi connectivity index (χ2n) is 7.19. The van der Waals surface area contributed by atoms with E-state index in [4.69, 9.17) is 4.74 Å². The molecule has 0 aliphatic carbocycles. The molecule has 1 atom stereocenters. The summed E-state index contributed by atoms with van der Waals surface area (Å²) < 4.78 is 21.2. The highest BCUT2D eigenvalue weighted by atomic mass is 19.1. The average molecular weight is 375 g/mol. The SMILES string of the molecule is CC(C)(C)OC(=O)NN[C@H]1CCN(c2ccc(-n3cccn3)cc2F)C1=O. The molecule has 1 fully saturated rings. The molecule has 8 nitrogen and oxygen atoms in total. The molecular weight excluding hydrogens is 353 g/mol. The molecule has 1 aliphatic heterocycles. The minimum atomic E-state index is -0.677. The standard InChI is InChI=1S/C18H22FN5O3/c1-18(2,3)27-17(26)22-21-14-7-10-23(16(14)25)15-6-5-12(11-13(15)19)24-9-4-8-20-24/h4-6,8-9,11,14,21H,7,10H2,1-3H3,(H,22,26)/t14-/m0/s1. The molecule has 2 amide bonds. The predicted octanol–water partition coefficient (Wildman–Crippen LogP) is 2.15. The van der Waals surface area contributed by atoms with Crippen LogP contribution in [0.1, 0.15) is 27.2 Å². The van der Waals surface area contributed by atoms with Crippen molar-refractivity contribution < 1.29 is 18.7 Å². The molecule has 2 aromatic rings. The Morgan fingerprint density at radius 1 is 1.37 bits per heavy atom. The molecular formula is C18H22FN5O3. The van der Waals surface area contributed by atoms with E-state index < -0.39 is 23.6 Å². The number of nitrogens with zero attached hydrogens (tertiary/aromatic N) is 3. The molecule has 1 saturated heterocycles. The number of rotatable bonds is 4. The van der Waals surface area contributed by atoms with E-state index >= 15 is 0 Å². The molecule has 1 aromatic heterocycles. The number of hydrogen-bond acceptors (Lipinski definition) is 5. The Kier molecular flexibility index (Phi) is 5.13. The van der Waals surface area contributed by atoms with Crippen molar-refractivity contribution in [3.05, 3.63) is 42.5 Å². The van der Waals surface area contributed by atoms with Crippen LogP contribution in [0, 0.1) is 5.82 Å². The second kappa shape index (κ2) is 7.36. The van der Waals surface area contributed by atoms with E-state index in [0.717, 1.165) is 0 Å². The quantitative estimate of drug-likeness (QED) is 0.800. The zero-order valence-corrected chi connectivity index (χ0v) is 15.4. The first-order valence-corrected chi connectivity index (χ1v) is 8.60. The Labute approximate surface area is 156 Å². The lowest BCUT2D eigenvalue weighted by Gasteiger charge is -2.21. The smallest absolute Gasteiger partial charge is 0.422 e. The molecule has 0 saturated carbocycles. The Hall–Kier alpha value is -2.94. The first kappa shape index (κ1) is 18.8. The summed E-state index contributed by atoms with van der Waals surface area (Å²) in [6, 6.07) is 5.66. The molecule has 0 radical (unpaired) electrons. The number of carbonyl (C=O) groups is 2. The van der Waals surface area contributed by atoms with E-state index in [1.807, 2.05) is 0 Å². The highest BCUT2D eigenvalue weighted by molar-refractivity contribution is 5.99. The molecule has 9 heteroatoms. The largest absolute Gasteiger partial charge is 0.443 e. The molecule has 0 unspecified atom stereocenters. The van der Waals surface area contributed by atoms with Gasteiger partial charge >= 0.3 is 6.09 Å². The third-order valence-electron chi connectivity index (χ3n) is 3.94. The van der Waals surface area contributed by atoms with Gasteiger partial charge in [-0.2, -0.15) is 5.10 Å². The van der Waals surface area contributed by atoms with Gasteiger partial charge < -0.3 is 9.64 Å². The van der Waals surface area contributed by atoms with E-state index in [-0.39, 0.29) is 11.6 Å². The lowest BCUT2D eigenvalue weighted by atomic mass is 10.2. The lowest BCUT2D eigenvalue weighted by Crippen LogP contribution is -2.49. The maximum Gasteiger partial charge on any atom is 0.422 e. The summed E-state index contributed by atoms with van der Waals surface area (Å²) >= 11 is 0. The fourth-order valence-corrected chi connectivity index (χ4v) is 2.78. The van der Waals surface area contributed by atoms with Crippen LogP contribution in [0.15, 0.2) is 36.7 Å². The van der Waals surface area contributed by atoms with E-state index in [9.17, 15) is 14.0 Å². The van der Waals surface area contributed by atoms with Gasteiger partial charge in [0.2, 0.25) is 5.91 Å². The van der Waals surface area contributed by atoms with Crippen molar-refractivity contribution >= 4 is 17.7 Å². The summed E-state index contributed by atoms with van der Waals surface area (Å²) in [5, 5.41) is 4.06. The van der Waals surface area contributed by atoms with Crippen LogP contribution in [0.25, 0.3) is 5.69 Å². The molecule has 0 bridgehead atoms. The summed E-state index contributed by atoms with van der Waals surface area (Å²) in [5.74, 6) is -0.839. The second-order valence-corrected chi connectivity index (χ2v) is 7.19. The lowest BCUT2D eigenvalue weighted by molar-refractivity contribution is -0.119. The van der Waals surface area contributed by atoms with Crippen LogP contribution in [-0.2, 0) is 9.53 Å². The maximum atomic E-state index is 14.5. The van der Waals surface area contributed by atoms with E-state index in [0.29, 0.717) is 18.7 Å². The van der Waals surface area contributed by atoms with Crippen LogP contribution in [0.3, 0.4) is 0 Å². The minimum Gasteiger partial charge on any atom is -0.443 e. The van der Waals surface area contributed by atoms with E-state index in [2.05, 4.69) is 16.0 Å².